The zero-order valence-corrected chi connectivity index (χ0v) is 12.2. The maximum absolute atomic E-state index is 11.1. The maximum atomic E-state index is 11.1. The second-order valence-electron chi connectivity index (χ2n) is 3.66. The molecule has 2 aromatic rings. The van der Waals surface area contributed by atoms with Crippen molar-refractivity contribution in [2.75, 3.05) is 7.11 Å². The second-order valence-corrected chi connectivity index (χ2v) is 4.95. The van der Waals surface area contributed by atoms with Crippen molar-refractivity contribution in [3.63, 3.8) is 0 Å². The molecule has 0 unspecified atom stereocenters. The van der Waals surface area contributed by atoms with Crippen LogP contribution in [0, 0.1) is 0 Å². The van der Waals surface area contributed by atoms with E-state index in [1.807, 2.05) is 0 Å². The molecule has 0 bridgehead atoms. The van der Waals surface area contributed by atoms with E-state index < -0.39 is 5.97 Å². The molecule has 0 amide bonds. The van der Waals surface area contributed by atoms with Crippen molar-refractivity contribution in [2.45, 2.75) is 6.61 Å². The van der Waals surface area contributed by atoms with Gasteiger partial charge in [-0.2, -0.15) is 0 Å². The zero-order chi connectivity index (χ0) is 14.0. The molecule has 0 radical (unpaired) electrons. The number of ether oxygens (including phenoxy) is 1. The molecule has 7 heteroatoms. The molecule has 5 nitrogen and oxygen atoms in total. The molecule has 0 aliphatic carbocycles. The number of oxazole rings is 1. The summed E-state index contributed by atoms with van der Waals surface area (Å²) in [5.74, 6) is -1.24. The normalized spacial score (nSPS) is 10.7. The Labute approximate surface area is 122 Å². The summed E-state index contributed by atoms with van der Waals surface area (Å²) in [6.45, 7) is 0.0588. The summed E-state index contributed by atoms with van der Waals surface area (Å²) in [6.07, 6.45) is 0. The molecule has 1 aromatic heterocycles. The highest BCUT2D eigenvalue weighted by molar-refractivity contribution is 9.10. The van der Waals surface area contributed by atoms with Crippen LogP contribution < -0.4 is 0 Å². The Hall–Kier alpha value is -1.37. The molecule has 0 fully saturated rings. The topological polar surface area (TPSA) is 72.6 Å². The van der Waals surface area contributed by atoms with Crippen LogP contribution in [0.5, 0.6) is 0 Å². The summed E-state index contributed by atoms with van der Waals surface area (Å²) in [5, 5.41) is 9.55. The Morgan fingerprint density at radius 1 is 1.58 bits per heavy atom. The van der Waals surface area contributed by atoms with Gasteiger partial charge in [0.05, 0.1) is 12.2 Å². The van der Waals surface area contributed by atoms with E-state index in [2.05, 4.69) is 20.9 Å². The lowest BCUT2D eigenvalue weighted by molar-refractivity contribution is 0.0656. The van der Waals surface area contributed by atoms with Crippen LogP contribution in [-0.2, 0) is 11.3 Å². The fourth-order valence-corrected chi connectivity index (χ4v) is 2.12. The van der Waals surface area contributed by atoms with Crippen LogP contribution >= 0.6 is 27.5 Å². The number of hydrogen-bond donors (Lipinski definition) is 1. The number of nitrogens with zero attached hydrogens (tertiary/aromatic N) is 1. The summed E-state index contributed by atoms with van der Waals surface area (Å²) < 4.78 is 10.9. The third kappa shape index (κ3) is 2.97. The minimum atomic E-state index is -1.19. The molecular formula is C12H9BrClNO4. The predicted molar refractivity (Wildman–Crippen MR) is 72.3 cm³/mol. The molecule has 0 saturated carbocycles. The first-order chi connectivity index (χ1) is 9.02. The first-order valence-corrected chi connectivity index (χ1v) is 6.37. The van der Waals surface area contributed by atoms with E-state index in [4.69, 9.17) is 25.9 Å². The van der Waals surface area contributed by atoms with Crippen molar-refractivity contribution in [1.29, 1.82) is 0 Å². The Morgan fingerprint density at radius 3 is 2.95 bits per heavy atom. The van der Waals surface area contributed by atoms with Crippen LogP contribution in [0.1, 0.15) is 16.2 Å². The standard InChI is InChI=1S/C12H9BrClNO4/c1-18-5-9-10(12(16)17)19-11(15-9)7-4-6(14)2-3-8(7)13/h2-4H,5H2,1H3,(H,16,17). The Kier molecular flexibility index (Phi) is 4.24. The van der Waals surface area contributed by atoms with Crippen molar-refractivity contribution >= 4 is 33.5 Å². The van der Waals surface area contributed by atoms with Gasteiger partial charge in [0, 0.05) is 16.6 Å². The zero-order valence-electron chi connectivity index (χ0n) is 9.81. The molecule has 1 N–H and O–H groups in total. The number of carboxylic acids is 1. The average Bonchev–Trinajstić information content (AvgIpc) is 2.77. The summed E-state index contributed by atoms with van der Waals surface area (Å²) >= 11 is 9.25. The number of hydrogen-bond acceptors (Lipinski definition) is 4. The van der Waals surface area contributed by atoms with Gasteiger partial charge in [-0.15, -0.1) is 0 Å². The molecule has 1 aromatic carbocycles. The number of aromatic carboxylic acids is 1. The van der Waals surface area contributed by atoms with Gasteiger partial charge in [0.2, 0.25) is 11.7 Å². The lowest BCUT2D eigenvalue weighted by atomic mass is 10.2. The molecule has 100 valence electrons. The van der Waals surface area contributed by atoms with Gasteiger partial charge in [0.1, 0.15) is 5.69 Å². The first kappa shape index (κ1) is 14.0. The van der Waals surface area contributed by atoms with Crippen LogP contribution in [0.4, 0.5) is 0 Å². The van der Waals surface area contributed by atoms with Gasteiger partial charge >= 0.3 is 5.97 Å². The molecule has 0 spiro atoms. The van der Waals surface area contributed by atoms with Gasteiger partial charge < -0.3 is 14.3 Å². The van der Waals surface area contributed by atoms with E-state index >= 15 is 0 Å². The van der Waals surface area contributed by atoms with Crippen LogP contribution in [0.2, 0.25) is 5.02 Å². The lowest BCUT2D eigenvalue weighted by Crippen LogP contribution is -2.00. The van der Waals surface area contributed by atoms with Gasteiger partial charge in [-0.3, -0.25) is 0 Å². The second kappa shape index (κ2) is 5.73. The van der Waals surface area contributed by atoms with Crippen molar-refractivity contribution in [1.82, 2.24) is 4.98 Å². The monoisotopic (exact) mass is 345 g/mol. The minimum Gasteiger partial charge on any atom is -0.475 e. The summed E-state index contributed by atoms with van der Waals surface area (Å²) in [6, 6.07) is 5.07. The number of aromatic nitrogens is 1. The van der Waals surface area contributed by atoms with E-state index in [9.17, 15) is 4.79 Å². The van der Waals surface area contributed by atoms with Crippen molar-refractivity contribution in [3.05, 3.63) is 39.1 Å². The highest BCUT2D eigenvalue weighted by atomic mass is 79.9. The molecule has 0 aliphatic rings. The minimum absolute atomic E-state index is 0.0588. The molecular weight excluding hydrogens is 337 g/mol. The molecule has 19 heavy (non-hydrogen) atoms. The van der Waals surface area contributed by atoms with Gasteiger partial charge in [0.15, 0.2) is 0 Å². The van der Waals surface area contributed by atoms with Crippen LogP contribution in [0.25, 0.3) is 11.5 Å². The van der Waals surface area contributed by atoms with Gasteiger partial charge in [-0.05, 0) is 34.1 Å². The Morgan fingerprint density at radius 2 is 2.32 bits per heavy atom. The third-order valence-electron chi connectivity index (χ3n) is 2.33. The van der Waals surface area contributed by atoms with E-state index in [1.165, 1.54) is 7.11 Å². The van der Waals surface area contributed by atoms with Gasteiger partial charge in [-0.1, -0.05) is 11.6 Å². The van der Waals surface area contributed by atoms with E-state index in [-0.39, 0.29) is 24.0 Å². The van der Waals surface area contributed by atoms with Crippen LogP contribution in [-0.4, -0.2) is 23.2 Å². The van der Waals surface area contributed by atoms with Crippen LogP contribution in [0.15, 0.2) is 27.1 Å². The number of benzene rings is 1. The molecule has 0 saturated heterocycles. The van der Waals surface area contributed by atoms with Crippen molar-refractivity contribution < 1.29 is 19.1 Å². The van der Waals surface area contributed by atoms with E-state index in [0.29, 0.717) is 15.1 Å². The molecule has 1 heterocycles. The van der Waals surface area contributed by atoms with Crippen molar-refractivity contribution in [2.24, 2.45) is 0 Å². The summed E-state index contributed by atoms with van der Waals surface area (Å²) in [5.41, 5.74) is 0.814. The van der Waals surface area contributed by atoms with Gasteiger partial charge in [0.25, 0.3) is 0 Å². The predicted octanol–water partition coefficient (Wildman–Crippen LogP) is 3.60. The van der Waals surface area contributed by atoms with Crippen LogP contribution in [0.3, 0.4) is 0 Å². The highest BCUT2D eigenvalue weighted by Crippen LogP contribution is 2.31. The largest absolute Gasteiger partial charge is 0.475 e. The Bertz CT molecular complexity index is 626. The molecule has 0 aliphatic heterocycles. The summed E-state index contributed by atoms with van der Waals surface area (Å²) in [4.78, 5) is 15.2. The molecule has 0 atom stereocenters. The summed E-state index contributed by atoms with van der Waals surface area (Å²) in [7, 11) is 1.45. The SMILES string of the molecule is COCc1nc(-c2cc(Cl)ccc2Br)oc1C(=O)O. The average molecular weight is 347 g/mol. The number of carbonyl (C=O) groups is 1. The highest BCUT2D eigenvalue weighted by Gasteiger charge is 2.21. The lowest BCUT2D eigenvalue weighted by Gasteiger charge is -1.99. The smallest absolute Gasteiger partial charge is 0.373 e. The fraction of sp³-hybridized carbons (Fsp3) is 0.167. The number of methoxy groups -OCH3 is 1. The number of carboxylic acid groups (broad SMARTS) is 1. The molecule has 2 rings (SSSR count). The first-order valence-electron chi connectivity index (χ1n) is 5.20. The maximum Gasteiger partial charge on any atom is 0.373 e. The Balaban J connectivity index is 2.53. The fourth-order valence-electron chi connectivity index (χ4n) is 1.53. The third-order valence-corrected chi connectivity index (χ3v) is 3.26. The van der Waals surface area contributed by atoms with E-state index in [0.717, 1.165) is 0 Å². The van der Waals surface area contributed by atoms with E-state index in [1.54, 1.807) is 18.2 Å². The number of rotatable bonds is 4. The number of halogens is 2. The van der Waals surface area contributed by atoms with Crippen molar-refractivity contribution in [3.8, 4) is 11.5 Å². The quantitative estimate of drug-likeness (QED) is 0.915. The van der Waals surface area contributed by atoms with Gasteiger partial charge in [-0.25, -0.2) is 9.78 Å².